The van der Waals surface area contributed by atoms with Crippen LogP contribution < -0.4 is 5.32 Å². The summed E-state index contributed by atoms with van der Waals surface area (Å²) in [6.07, 6.45) is 3.48. The van der Waals surface area contributed by atoms with Crippen LogP contribution in [0.15, 0.2) is 24.3 Å². The van der Waals surface area contributed by atoms with Crippen molar-refractivity contribution in [1.82, 2.24) is 5.32 Å². The van der Waals surface area contributed by atoms with E-state index in [9.17, 15) is 4.39 Å². The molecule has 1 saturated heterocycles. The van der Waals surface area contributed by atoms with Crippen molar-refractivity contribution in [2.24, 2.45) is 5.92 Å². The van der Waals surface area contributed by atoms with Crippen LogP contribution in [0.2, 0.25) is 0 Å². The van der Waals surface area contributed by atoms with Crippen LogP contribution in [0.25, 0.3) is 0 Å². The average Bonchev–Trinajstić information content (AvgIpc) is 2.30. The number of hydrogen-bond acceptors (Lipinski definition) is 1. The van der Waals surface area contributed by atoms with Gasteiger partial charge in [-0.3, -0.25) is 0 Å². The molecule has 94 valence electrons. The predicted molar refractivity (Wildman–Crippen MR) is 70.0 cm³/mol. The topological polar surface area (TPSA) is 12.0 Å². The molecule has 0 bridgehead atoms. The lowest BCUT2D eigenvalue weighted by Crippen LogP contribution is -2.28. The molecular formula is C15H22FN. The molecule has 1 atom stereocenters. The highest BCUT2D eigenvalue weighted by atomic mass is 19.1. The molecule has 1 fully saturated rings. The molecule has 1 N–H and O–H groups in total. The van der Waals surface area contributed by atoms with Gasteiger partial charge in [0.2, 0.25) is 0 Å². The Morgan fingerprint density at radius 3 is 2.71 bits per heavy atom. The van der Waals surface area contributed by atoms with Crippen LogP contribution in [-0.2, 0) is 12.8 Å². The Morgan fingerprint density at radius 1 is 1.29 bits per heavy atom. The van der Waals surface area contributed by atoms with E-state index in [1.807, 2.05) is 6.07 Å². The fourth-order valence-electron chi connectivity index (χ4n) is 2.63. The first-order chi connectivity index (χ1) is 8.24. The Hall–Kier alpha value is -0.890. The largest absolute Gasteiger partial charge is 0.317 e. The predicted octanol–water partition coefficient (Wildman–Crippen LogP) is 3.13. The first kappa shape index (κ1) is 12.6. The van der Waals surface area contributed by atoms with Crippen LogP contribution in [0.3, 0.4) is 0 Å². The molecule has 1 aromatic rings. The van der Waals surface area contributed by atoms with Crippen LogP contribution in [0.1, 0.15) is 30.9 Å². The van der Waals surface area contributed by atoms with E-state index in [2.05, 4.69) is 23.5 Å². The van der Waals surface area contributed by atoms with E-state index in [-0.39, 0.29) is 0 Å². The summed E-state index contributed by atoms with van der Waals surface area (Å²) < 4.78 is 13.0. The van der Waals surface area contributed by atoms with Crippen molar-refractivity contribution in [3.63, 3.8) is 0 Å². The molecule has 1 aromatic carbocycles. The van der Waals surface area contributed by atoms with E-state index in [1.165, 1.54) is 18.4 Å². The highest BCUT2D eigenvalue weighted by Gasteiger charge is 2.13. The van der Waals surface area contributed by atoms with Crippen molar-refractivity contribution >= 4 is 0 Å². The van der Waals surface area contributed by atoms with E-state index in [0.29, 0.717) is 6.42 Å². The molecule has 1 aliphatic heterocycles. The number of benzene rings is 1. The van der Waals surface area contributed by atoms with Crippen molar-refractivity contribution in [2.45, 2.75) is 38.8 Å². The quantitative estimate of drug-likeness (QED) is 0.845. The molecule has 0 aromatic heterocycles. The minimum absolute atomic E-state index is 0.542. The van der Waals surface area contributed by atoms with Gasteiger partial charge in [-0.25, -0.2) is 4.39 Å². The van der Waals surface area contributed by atoms with Gasteiger partial charge < -0.3 is 5.32 Å². The van der Waals surface area contributed by atoms with Crippen molar-refractivity contribution in [2.75, 3.05) is 13.1 Å². The lowest BCUT2D eigenvalue weighted by molar-refractivity contribution is 0.359. The zero-order valence-corrected chi connectivity index (χ0v) is 10.6. The van der Waals surface area contributed by atoms with E-state index >= 15 is 0 Å². The Balaban J connectivity index is 1.95. The van der Waals surface area contributed by atoms with Crippen LogP contribution in [0, 0.1) is 5.92 Å². The molecule has 0 saturated carbocycles. The molecule has 1 heterocycles. The third kappa shape index (κ3) is 4.12. The number of halogens is 1. The summed E-state index contributed by atoms with van der Waals surface area (Å²) in [7, 11) is 0. The monoisotopic (exact) mass is 235 g/mol. The highest BCUT2D eigenvalue weighted by Crippen LogP contribution is 2.19. The molecule has 17 heavy (non-hydrogen) atoms. The minimum atomic E-state index is -0.746. The van der Waals surface area contributed by atoms with Gasteiger partial charge in [-0.05, 0) is 56.3 Å². The van der Waals surface area contributed by atoms with E-state index in [4.69, 9.17) is 0 Å². The molecule has 2 rings (SSSR count). The molecule has 0 aliphatic carbocycles. The van der Waals surface area contributed by atoms with Gasteiger partial charge in [0, 0.05) is 6.42 Å². The molecule has 0 spiro atoms. The summed E-state index contributed by atoms with van der Waals surface area (Å²) >= 11 is 0. The third-order valence-electron chi connectivity index (χ3n) is 3.49. The Labute approximate surface area is 103 Å². The van der Waals surface area contributed by atoms with E-state index in [0.717, 1.165) is 31.0 Å². The van der Waals surface area contributed by atoms with Gasteiger partial charge in [-0.1, -0.05) is 24.3 Å². The highest BCUT2D eigenvalue weighted by molar-refractivity contribution is 5.24. The van der Waals surface area contributed by atoms with Gasteiger partial charge >= 0.3 is 0 Å². The molecule has 2 heteroatoms. The molecule has 0 radical (unpaired) electrons. The van der Waals surface area contributed by atoms with Crippen molar-refractivity contribution in [3.05, 3.63) is 35.4 Å². The maximum absolute atomic E-state index is 13.0. The number of rotatable bonds is 4. The van der Waals surface area contributed by atoms with Crippen molar-refractivity contribution in [3.8, 4) is 0 Å². The smallest absolute Gasteiger partial charge is 0.101 e. The zero-order valence-electron chi connectivity index (χ0n) is 10.6. The zero-order chi connectivity index (χ0) is 12.1. The van der Waals surface area contributed by atoms with Gasteiger partial charge in [0.15, 0.2) is 0 Å². The lowest BCUT2D eigenvalue weighted by Gasteiger charge is -2.22. The number of nitrogens with one attached hydrogen (secondary N) is 1. The van der Waals surface area contributed by atoms with Crippen LogP contribution >= 0.6 is 0 Å². The summed E-state index contributed by atoms with van der Waals surface area (Å²) in [6.45, 7) is 3.91. The molecular weight excluding hydrogens is 213 g/mol. The molecule has 0 amide bonds. The fourth-order valence-corrected chi connectivity index (χ4v) is 2.63. The second-order valence-electron chi connectivity index (χ2n) is 5.20. The van der Waals surface area contributed by atoms with Gasteiger partial charge in [-0.2, -0.15) is 0 Å². The number of alkyl halides is 1. The summed E-state index contributed by atoms with van der Waals surface area (Å²) in [5.41, 5.74) is 2.50. The molecule has 1 unspecified atom stereocenters. The number of hydrogen-bond donors (Lipinski definition) is 1. The van der Waals surface area contributed by atoms with E-state index < -0.39 is 6.17 Å². The SMILES string of the molecule is CC(F)Cc1cccc(CC2CCNCC2)c1. The average molecular weight is 235 g/mol. The van der Waals surface area contributed by atoms with Crippen LogP contribution in [0.5, 0.6) is 0 Å². The summed E-state index contributed by atoms with van der Waals surface area (Å²) in [4.78, 5) is 0. The van der Waals surface area contributed by atoms with Crippen molar-refractivity contribution in [1.29, 1.82) is 0 Å². The molecule has 1 nitrogen and oxygen atoms in total. The Kier molecular flexibility index (Phi) is 4.55. The van der Waals surface area contributed by atoms with Gasteiger partial charge in [0.1, 0.15) is 6.17 Å². The Bertz CT molecular complexity index is 343. The minimum Gasteiger partial charge on any atom is -0.317 e. The van der Waals surface area contributed by atoms with Crippen LogP contribution in [0.4, 0.5) is 4.39 Å². The van der Waals surface area contributed by atoms with Gasteiger partial charge in [0.05, 0.1) is 0 Å². The lowest BCUT2D eigenvalue weighted by atomic mass is 9.90. The van der Waals surface area contributed by atoms with E-state index in [1.54, 1.807) is 6.92 Å². The Morgan fingerprint density at radius 2 is 2.00 bits per heavy atom. The van der Waals surface area contributed by atoms with Gasteiger partial charge in [-0.15, -0.1) is 0 Å². The summed E-state index contributed by atoms with van der Waals surface area (Å²) in [6, 6.07) is 8.45. The van der Waals surface area contributed by atoms with Crippen molar-refractivity contribution < 1.29 is 4.39 Å². The first-order valence-corrected chi connectivity index (χ1v) is 6.66. The van der Waals surface area contributed by atoms with Gasteiger partial charge in [0.25, 0.3) is 0 Å². The molecule has 1 aliphatic rings. The second-order valence-corrected chi connectivity index (χ2v) is 5.20. The maximum Gasteiger partial charge on any atom is 0.101 e. The fraction of sp³-hybridized carbons (Fsp3) is 0.600. The standard InChI is InChI=1S/C15H22FN/c1-12(16)9-14-3-2-4-15(11-14)10-13-5-7-17-8-6-13/h2-4,11-13,17H,5-10H2,1H3. The third-order valence-corrected chi connectivity index (χ3v) is 3.49. The van der Waals surface area contributed by atoms with Crippen LogP contribution in [-0.4, -0.2) is 19.3 Å². The normalized spacial score (nSPS) is 19.2. The summed E-state index contributed by atoms with van der Waals surface area (Å²) in [5, 5.41) is 3.39. The maximum atomic E-state index is 13.0. The number of piperidine rings is 1. The summed E-state index contributed by atoms with van der Waals surface area (Å²) in [5.74, 6) is 0.800. The first-order valence-electron chi connectivity index (χ1n) is 6.66. The second kappa shape index (κ2) is 6.15.